The Labute approximate surface area is 132 Å². The van der Waals surface area contributed by atoms with Crippen molar-refractivity contribution in [2.24, 2.45) is 10.9 Å². The minimum Gasteiger partial charge on any atom is -0.508 e. The molecule has 1 aliphatic heterocycles. The molecule has 118 valence electrons. The molecule has 0 spiro atoms. The molecule has 1 aliphatic carbocycles. The van der Waals surface area contributed by atoms with Crippen molar-refractivity contribution >= 4 is 28.9 Å². The van der Waals surface area contributed by atoms with E-state index < -0.39 is 17.9 Å². The molecule has 23 heavy (non-hydrogen) atoms. The summed E-state index contributed by atoms with van der Waals surface area (Å²) in [6.45, 7) is 1.96. The molecule has 6 heteroatoms. The van der Waals surface area contributed by atoms with Gasteiger partial charge in [-0.2, -0.15) is 0 Å². The average molecular weight is 313 g/mol. The number of rotatable bonds is 3. The average Bonchev–Trinajstić information content (AvgIpc) is 2.91. The van der Waals surface area contributed by atoms with Gasteiger partial charge >= 0.3 is 11.9 Å². The quantitative estimate of drug-likeness (QED) is 0.867. The van der Waals surface area contributed by atoms with Crippen LogP contribution in [0, 0.1) is 5.92 Å². The molecule has 1 aromatic rings. The number of benzene rings is 1. The lowest BCUT2D eigenvalue weighted by Gasteiger charge is -2.17. The summed E-state index contributed by atoms with van der Waals surface area (Å²) in [6, 6.07) is 4.94. The fourth-order valence-corrected chi connectivity index (χ4v) is 2.67. The van der Waals surface area contributed by atoms with Gasteiger partial charge in [-0.1, -0.05) is 0 Å². The Morgan fingerprint density at radius 3 is 2.83 bits per heavy atom. The standard InChI is InChI=1S/C17H15NO5/c1-3-23-17(21)13-8-10(19)7-12-11-6-9(16(20)22-2)4-5-14(11)18-15(12)13/h4-8,13,19H,3H2,1-2H3. The molecule has 1 aromatic carbocycles. The third-order valence-corrected chi connectivity index (χ3v) is 3.69. The summed E-state index contributed by atoms with van der Waals surface area (Å²) >= 11 is 0. The van der Waals surface area contributed by atoms with Crippen LogP contribution < -0.4 is 0 Å². The van der Waals surface area contributed by atoms with E-state index in [0.717, 1.165) is 0 Å². The lowest BCUT2D eigenvalue weighted by Crippen LogP contribution is -2.26. The van der Waals surface area contributed by atoms with Crippen molar-refractivity contribution in [1.29, 1.82) is 0 Å². The number of hydrogen-bond acceptors (Lipinski definition) is 6. The number of fused-ring (bicyclic) bond motifs is 3. The van der Waals surface area contributed by atoms with Crippen LogP contribution in [-0.2, 0) is 14.3 Å². The highest BCUT2D eigenvalue weighted by Crippen LogP contribution is 2.40. The van der Waals surface area contributed by atoms with Crippen molar-refractivity contribution in [1.82, 2.24) is 0 Å². The van der Waals surface area contributed by atoms with Crippen molar-refractivity contribution in [2.45, 2.75) is 6.92 Å². The third kappa shape index (κ3) is 2.52. The van der Waals surface area contributed by atoms with Crippen LogP contribution in [0.25, 0.3) is 5.57 Å². The highest BCUT2D eigenvalue weighted by Gasteiger charge is 2.35. The Balaban J connectivity index is 2.04. The second kappa shape index (κ2) is 5.72. The lowest BCUT2D eigenvalue weighted by atomic mass is 9.88. The van der Waals surface area contributed by atoms with Gasteiger partial charge < -0.3 is 14.6 Å². The lowest BCUT2D eigenvalue weighted by molar-refractivity contribution is -0.144. The summed E-state index contributed by atoms with van der Waals surface area (Å²) in [5.74, 6) is -1.72. The van der Waals surface area contributed by atoms with Gasteiger partial charge in [0.1, 0.15) is 11.7 Å². The second-order valence-corrected chi connectivity index (χ2v) is 5.10. The number of nitrogens with zero attached hydrogens (tertiary/aromatic N) is 1. The SMILES string of the molecule is CCOC(=O)C1C=C(O)C=C2C1=Nc1ccc(C(=O)OC)cc12. The van der Waals surface area contributed by atoms with Gasteiger partial charge in [0, 0.05) is 11.1 Å². The van der Waals surface area contributed by atoms with Gasteiger partial charge in [-0.3, -0.25) is 9.79 Å². The smallest absolute Gasteiger partial charge is 0.337 e. The van der Waals surface area contributed by atoms with E-state index in [4.69, 9.17) is 9.47 Å². The van der Waals surface area contributed by atoms with Gasteiger partial charge in [0.15, 0.2) is 0 Å². The molecule has 2 aliphatic rings. The van der Waals surface area contributed by atoms with Crippen LogP contribution in [0.3, 0.4) is 0 Å². The maximum atomic E-state index is 12.1. The Morgan fingerprint density at radius 1 is 1.35 bits per heavy atom. The monoisotopic (exact) mass is 313 g/mol. The number of hydrogen-bond donors (Lipinski definition) is 1. The Bertz CT molecular complexity index is 788. The molecule has 0 amide bonds. The molecule has 0 radical (unpaired) electrons. The van der Waals surface area contributed by atoms with Crippen LogP contribution in [0.5, 0.6) is 0 Å². The first-order valence-corrected chi connectivity index (χ1v) is 7.16. The zero-order valence-electron chi connectivity index (χ0n) is 12.7. The number of ether oxygens (including phenoxy) is 2. The molecule has 0 fully saturated rings. The molecule has 1 unspecified atom stereocenters. The summed E-state index contributed by atoms with van der Waals surface area (Å²) in [6.07, 6.45) is 2.94. The van der Waals surface area contributed by atoms with Crippen molar-refractivity contribution in [2.75, 3.05) is 13.7 Å². The van der Waals surface area contributed by atoms with E-state index in [1.807, 2.05) is 0 Å². The first-order valence-electron chi connectivity index (χ1n) is 7.16. The van der Waals surface area contributed by atoms with E-state index in [1.165, 1.54) is 19.3 Å². The highest BCUT2D eigenvalue weighted by molar-refractivity contribution is 6.35. The Morgan fingerprint density at radius 2 is 2.13 bits per heavy atom. The summed E-state index contributed by atoms with van der Waals surface area (Å²) in [4.78, 5) is 28.2. The molecule has 6 nitrogen and oxygen atoms in total. The maximum Gasteiger partial charge on any atom is 0.337 e. The molecule has 1 N–H and O–H groups in total. The number of aliphatic imine (C=N–C) groups is 1. The summed E-state index contributed by atoms with van der Waals surface area (Å²) in [5.41, 5.74) is 2.82. The van der Waals surface area contributed by atoms with E-state index in [0.29, 0.717) is 28.1 Å². The zero-order valence-corrected chi connectivity index (χ0v) is 12.7. The molecular weight excluding hydrogens is 298 g/mol. The fourth-order valence-electron chi connectivity index (χ4n) is 2.67. The minimum absolute atomic E-state index is 0.0340. The van der Waals surface area contributed by atoms with Crippen LogP contribution in [0.1, 0.15) is 22.8 Å². The predicted molar refractivity (Wildman–Crippen MR) is 83.7 cm³/mol. The number of carbonyl (C=O) groups excluding carboxylic acids is 2. The van der Waals surface area contributed by atoms with Gasteiger partial charge in [-0.15, -0.1) is 0 Å². The van der Waals surface area contributed by atoms with Crippen molar-refractivity contribution in [3.63, 3.8) is 0 Å². The highest BCUT2D eigenvalue weighted by atomic mass is 16.5. The largest absolute Gasteiger partial charge is 0.508 e. The van der Waals surface area contributed by atoms with Crippen LogP contribution in [0.15, 0.2) is 41.1 Å². The molecule has 0 saturated carbocycles. The van der Waals surface area contributed by atoms with E-state index in [-0.39, 0.29) is 12.4 Å². The first-order chi connectivity index (χ1) is 11.0. The van der Waals surface area contributed by atoms with E-state index in [9.17, 15) is 14.7 Å². The van der Waals surface area contributed by atoms with Gasteiger partial charge in [-0.25, -0.2) is 4.79 Å². The fraction of sp³-hybridized carbons (Fsp3) is 0.235. The summed E-state index contributed by atoms with van der Waals surface area (Å²) in [5, 5.41) is 9.92. The molecule has 1 heterocycles. The van der Waals surface area contributed by atoms with Crippen LogP contribution in [0.4, 0.5) is 5.69 Å². The number of aliphatic hydroxyl groups is 1. The first kappa shape index (κ1) is 15.0. The Hall–Kier alpha value is -2.89. The Kier molecular flexibility index (Phi) is 3.73. The van der Waals surface area contributed by atoms with Crippen molar-refractivity contribution in [3.05, 3.63) is 47.2 Å². The summed E-state index contributed by atoms with van der Waals surface area (Å²) in [7, 11) is 1.31. The molecule has 0 aromatic heterocycles. The molecule has 0 saturated heterocycles. The normalized spacial score (nSPS) is 18.2. The van der Waals surface area contributed by atoms with Gasteiger partial charge in [-0.05, 0) is 37.3 Å². The molecule has 0 bridgehead atoms. The second-order valence-electron chi connectivity index (χ2n) is 5.10. The number of allylic oxidation sites excluding steroid dienone is 2. The van der Waals surface area contributed by atoms with Crippen molar-refractivity contribution in [3.8, 4) is 0 Å². The number of carbonyl (C=O) groups is 2. The van der Waals surface area contributed by atoms with Crippen LogP contribution in [-0.4, -0.2) is 36.5 Å². The predicted octanol–water partition coefficient (Wildman–Crippen LogP) is 2.58. The third-order valence-electron chi connectivity index (χ3n) is 3.69. The maximum absolute atomic E-state index is 12.1. The number of aliphatic hydroxyl groups excluding tert-OH is 1. The van der Waals surface area contributed by atoms with E-state index in [2.05, 4.69) is 4.99 Å². The topological polar surface area (TPSA) is 85.2 Å². The van der Waals surface area contributed by atoms with Crippen LogP contribution >= 0.6 is 0 Å². The number of esters is 2. The van der Waals surface area contributed by atoms with Crippen LogP contribution in [0.2, 0.25) is 0 Å². The van der Waals surface area contributed by atoms with E-state index >= 15 is 0 Å². The number of methoxy groups -OCH3 is 1. The minimum atomic E-state index is -0.760. The molecule has 1 atom stereocenters. The molecule has 3 rings (SSSR count). The molecular formula is C17H15NO5. The van der Waals surface area contributed by atoms with Crippen molar-refractivity contribution < 1.29 is 24.2 Å². The van der Waals surface area contributed by atoms with E-state index in [1.54, 1.807) is 25.1 Å². The van der Waals surface area contributed by atoms with Gasteiger partial charge in [0.2, 0.25) is 0 Å². The van der Waals surface area contributed by atoms with Gasteiger partial charge in [0.25, 0.3) is 0 Å². The van der Waals surface area contributed by atoms with Gasteiger partial charge in [0.05, 0.1) is 30.7 Å². The summed E-state index contributed by atoms with van der Waals surface area (Å²) < 4.78 is 9.75. The zero-order chi connectivity index (χ0) is 16.6.